The number of imidazole rings is 1. The Morgan fingerprint density at radius 3 is 2.59 bits per heavy atom. The quantitative estimate of drug-likeness (QED) is 0.859. The van der Waals surface area contributed by atoms with Gasteiger partial charge in [0.2, 0.25) is 0 Å². The molecule has 17 heavy (non-hydrogen) atoms. The van der Waals surface area contributed by atoms with Gasteiger partial charge in [0.05, 0.1) is 11.2 Å². The summed E-state index contributed by atoms with van der Waals surface area (Å²) in [6.07, 6.45) is 0. The molecule has 2 rings (SSSR count). The number of rotatable bonds is 2. The maximum Gasteiger partial charge on any atom is 0.126 e. The minimum absolute atomic E-state index is 0.471. The van der Waals surface area contributed by atoms with E-state index in [0.717, 1.165) is 22.8 Å². The first-order valence-electron chi connectivity index (χ1n) is 5.50. The van der Waals surface area contributed by atoms with Gasteiger partial charge in [-0.1, -0.05) is 23.7 Å². The van der Waals surface area contributed by atoms with Gasteiger partial charge in [-0.2, -0.15) is 0 Å². The Bertz CT molecular complexity index is 538. The van der Waals surface area contributed by atoms with Crippen LogP contribution >= 0.6 is 11.6 Å². The van der Waals surface area contributed by atoms with Crippen LogP contribution in [-0.4, -0.2) is 9.97 Å². The van der Waals surface area contributed by atoms with Gasteiger partial charge < -0.3 is 10.7 Å². The van der Waals surface area contributed by atoms with Crippen molar-refractivity contribution in [2.24, 2.45) is 5.73 Å². The molecule has 3 N–H and O–H groups in total. The van der Waals surface area contributed by atoms with Crippen LogP contribution in [0, 0.1) is 6.92 Å². The number of hydrogen-bond acceptors (Lipinski definition) is 2. The van der Waals surface area contributed by atoms with Crippen molar-refractivity contribution in [1.29, 1.82) is 0 Å². The first-order valence-corrected chi connectivity index (χ1v) is 5.87. The molecule has 0 saturated carbocycles. The molecule has 0 unspecified atom stereocenters. The normalized spacial score (nSPS) is 11.8. The average Bonchev–Trinajstić information content (AvgIpc) is 2.60. The lowest BCUT2D eigenvalue weighted by atomic mass is 10.1. The SMILES string of the molecule is Cc1[nH]c(C(C)(C)N)nc1-c1cccc(Cl)c1. The zero-order chi connectivity index (χ0) is 12.6. The maximum atomic E-state index is 6.03. The molecule has 0 radical (unpaired) electrons. The second kappa shape index (κ2) is 4.17. The Balaban J connectivity index is 2.50. The lowest BCUT2D eigenvalue weighted by molar-refractivity contribution is 0.520. The highest BCUT2D eigenvalue weighted by molar-refractivity contribution is 6.30. The molecule has 0 bridgehead atoms. The molecule has 0 aliphatic carbocycles. The summed E-state index contributed by atoms with van der Waals surface area (Å²) in [4.78, 5) is 7.78. The number of nitrogens with zero attached hydrogens (tertiary/aromatic N) is 1. The van der Waals surface area contributed by atoms with Crippen molar-refractivity contribution in [2.75, 3.05) is 0 Å². The van der Waals surface area contributed by atoms with Crippen LogP contribution in [0.2, 0.25) is 5.02 Å². The summed E-state index contributed by atoms with van der Waals surface area (Å²) in [5.74, 6) is 0.782. The number of nitrogens with one attached hydrogen (secondary N) is 1. The van der Waals surface area contributed by atoms with E-state index in [1.807, 2.05) is 45.0 Å². The standard InChI is InChI=1S/C13H16ClN3/c1-8-11(9-5-4-6-10(14)7-9)17-12(16-8)13(2,3)15/h4-7H,15H2,1-3H3,(H,16,17). The van der Waals surface area contributed by atoms with Crippen LogP contribution in [0.15, 0.2) is 24.3 Å². The summed E-state index contributed by atoms with van der Waals surface area (Å²) in [6.45, 7) is 5.83. The van der Waals surface area contributed by atoms with Gasteiger partial charge in [0.25, 0.3) is 0 Å². The molecule has 1 heterocycles. The third-order valence-electron chi connectivity index (χ3n) is 2.59. The van der Waals surface area contributed by atoms with E-state index in [9.17, 15) is 0 Å². The van der Waals surface area contributed by atoms with Gasteiger partial charge in [-0.25, -0.2) is 4.98 Å². The van der Waals surface area contributed by atoms with Crippen LogP contribution in [-0.2, 0) is 5.54 Å². The molecular weight excluding hydrogens is 234 g/mol. The fourth-order valence-electron chi connectivity index (χ4n) is 1.68. The van der Waals surface area contributed by atoms with E-state index in [4.69, 9.17) is 17.3 Å². The molecule has 2 aromatic rings. The summed E-state index contributed by atoms with van der Waals surface area (Å²) < 4.78 is 0. The minimum atomic E-state index is -0.471. The number of aromatic amines is 1. The largest absolute Gasteiger partial charge is 0.344 e. The molecule has 0 saturated heterocycles. The van der Waals surface area contributed by atoms with Crippen LogP contribution in [0.1, 0.15) is 25.4 Å². The molecule has 0 spiro atoms. The average molecular weight is 250 g/mol. The van der Waals surface area contributed by atoms with Crippen molar-refractivity contribution in [1.82, 2.24) is 9.97 Å². The van der Waals surface area contributed by atoms with Gasteiger partial charge in [0.15, 0.2) is 0 Å². The number of aromatic nitrogens is 2. The Hall–Kier alpha value is -1.32. The highest BCUT2D eigenvalue weighted by Crippen LogP contribution is 2.26. The summed E-state index contributed by atoms with van der Waals surface area (Å²) in [7, 11) is 0. The number of H-pyrrole nitrogens is 1. The van der Waals surface area contributed by atoms with Crippen molar-refractivity contribution in [3.8, 4) is 11.3 Å². The summed E-state index contributed by atoms with van der Waals surface area (Å²) in [5.41, 5.74) is 8.46. The first-order chi connectivity index (χ1) is 7.88. The van der Waals surface area contributed by atoms with Gasteiger partial charge in [-0.15, -0.1) is 0 Å². The van der Waals surface area contributed by atoms with Crippen LogP contribution in [0.3, 0.4) is 0 Å². The minimum Gasteiger partial charge on any atom is -0.344 e. The molecule has 3 nitrogen and oxygen atoms in total. The molecular formula is C13H16ClN3. The fraction of sp³-hybridized carbons (Fsp3) is 0.308. The third kappa shape index (κ3) is 2.51. The molecule has 90 valence electrons. The van der Waals surface area contributed by atoms with E-state index in [-0.39, 0.29) is 0 Å². The first kappa shape index (κ1) is 12.1. The number of nitrogens with two attached hydrogens (primary N) is 1. The van der Waals surface area contributed by atoms with Crippen LogP contribution in [0.5, 0.6) is 0 Å². The molecule has 0 aliphatic heterocycles. The second-order valence-electron chi connectivity index (χ2n) is 4.79. The van der Waals surface area contributed by atoms with Crippen LogP contribution < -0.4 is 5.73 Å². The number of aryl methyl sites for hydroxylation is 1. The van der Waals surface area contributed by atoms with E-state index in [2.05, 4.69) is 9.97 Å². The third-order valence-corrected chi connectivity index (χ3v) is 2.83. The molecule has 0 atom stereocenters. The zero-order valence-electron chi connectivity index (χ0n) is 10.2. The van der Waals surface area contributed by atoms with Crippen molar-refractivity contribution >= 4 is 11.6 Å². The molecule has 0 amide bonds. The molecule has 0 aliphatic rings. The molecule has 1 aromatic heterocycles. The Labute approximate surface area is 106 Å². The molecule has 0 fully saturated rings. The number of hydrogen-bond donors (Lipinski definition) is 2. The van der Waals surface area contributed by atoms with Crippen molar-refractivity contribution in [3.63, 3.8) is 0 Å². The Morgan fingerprint density at radius 2 is 2.06 bits per heavy atom. The summed E-state index contributed by atoms with van der Waals surface area (Å²) in [5, 5.41) is 0.707. The van der Waals surface area contributed by atoms with Gasteiger partial charge in [0, 0.05) is 16.3 Å². The van der Waals surface area contributed by atoms with Gasteiger partial charge in [-0.05, 0) is 32.9 Å². The topological polar surface area (TPSA) is 54.7 Å². The van der Waals surface area contributed by atoms with Crippen molar-refractivity contribution in [2.45, 2.75) is 26.3 Å². The monoisotopic (exact) mass is 249 g/mol. The predicted octanol–water partition coefficient (Wildman–Crippen LogP) is 3.23. The molecule has 1 aromatic carbocycles. The van der Waals surface area contributed by atoms with E-state index < -0.39 is 5.54 Å². The van der Waals surface area contributed by atoms with Gasteiger partial charge in [0.1, 0.15) is 5.82 Å². The Morgan fingerprint density at radius 1 is 1.35 bits per heavy atom. The van der Waals surface area contributed by atoms with E-state index in [1.165, 1.54) is 0 Å². The van der Waals surface area contributed by atoms with Gasteiger partial charge in [-0.3, -0.25) is 0 Å². The van der Waals surface area contributed by atoms with Crippen molar-refractivity contribution in [3.05, 3.63) is 40.8 Å². The Kier molecular flexibility index (Phi) is 2.98. The van der Waals surface area contributed by atoms with E-state index in [0.29, 0.717) is 5.02 Å². The fourth-order valence-corrected chi connectivity index (χ4v) is 1.87. The second-order valence-corrected chi connectivity index (χ2v) is 5.23. The maximum absolute atomic E-state index is 6.03. The van der Waals surface area contributed by atoms with E-state index in [1.54, 1.807) is 0 Å². The lowest BCUT2D eigenvalue weighted by Gasteiger charge is -2.14. The van der Waals surface area contributed by atoms with Crippen molar-refractivity contribution < 1.29 is 0 Å². The van der Waals surface area contributed by atoms with Crippen LogP contribution in [0.25, 0.3) is 11.3 Å². The zero-order valence-corrected chi connectivity index (χ0v) is 11.0. The van der Waals surface area contributed by atoms with Gasteiger partial charge >= 0.3 is 0 Å². The highest BCUT2D eigenvalue weighted by atomic mass is 35.5. The summed E-state index contributed by atoms with van der Waals surface area (Å²) in [6, 6.07) is 7.65. The smallest absolute Gasteiger partial charge is 0.126 e. The summed E-state index contributed by atoms with van der Waals surface area (Å²) >= 11 is 5.98. The van der Waals surface area contributed by atoms with Crippen LogP contribution in [0.4, 0.5) is 0 Å². The molecule has 4 heteroatoms. The predicted molar refractivity (Wildman–Crippen MR) is 71.0 cm³/mol. The highest BCUT2D eigenvalue weighted by Gasteiger charge is 2.20. The number of benzene rings is 1. The number of halogens is 1. The van der Waals surface area contributed by atoms with E-state index >= 15 is 0 Å². The lowest BCUT2D eigenvalue weighted by Crippen LogP contribution is -2.30.